The monoisotopic (exact) mass is 269 g/mol. The van der Waals surface area contributed by atoms with Gasteiger partial charge in [0.05, 0.1) is 0 Å². The summed E-state index contributed by atoms with van der Waals surface area (Å²) in [6.45, 7) is 0. The number of phenols is 1. The SMILES string of the molecule is CN=Cc1cccc(C23CC4CC(CC(C4)C2)C3)c1O. The van der Waals surface area contributed by atoms with Gasteiger partial charge in [0.1, 0.15) is 5.75 Å². The number of nitrogens with zero attached hydrogens (tertiary/aromatic N) is 1. The van der Waals surface area contributed by atoms with Gasteiger partial charge < -0.3 is 5.11 Å². The highest BCUT2D eigenvalue weighted by molar-refractivity contribution is 5.84. The van der Waals surface area contributed by atoms with Crippen molar-refractivity contribution in [1.82, 2.24) is 0 Å². The van der Waals surface area contributed by atoms with Crippen LogP contribution in [0.1, 0.15) is 49.7 Å². The molecule has 106 valence electrons. The minimum Gasteiger partial charge on any atom is -0.507 e. The Kier molecular flexibility index (Phi) is 2.70. The number of benzene rings is 1. The largest absolute Gasteiger partial charge is 0.507 e. The second kappa shape index (κ2) is 4.34. The lowest BCUT2D eigenvalue weighted by Gasteiger charge is -2.57. The molecule has 4 fully saturated rings. The summed E-state index contributed by atoms with van der Waals surface area (Å²) in [4.78, 5) is 4.07. The van der Waals surface area contributed by atoms with Gasteiger partial charge in [-0.15, -0.1) is 0 Å². The summed E-state index contributed by atoms with van der Waals surface area (Å²) in [6, 6.07) is 6.21. The molecule has 0 atom stereocenters. The van der Waals surface area contributed by atoms with Crippen LogP contribution < -0.4 is 0 Å². The first-order valence-electron chi connectivity index (χ1n) is 7.95. The maximum Gasteiger partial charge on any atom is 0.128 e. The molecule has 1 aromatic carbocycles. The van der Waals surface area contributed by atoms with E-state index >= 15 is 0 Å². The van der Waals surface area contributed by atoms with Crippen LogP contribution in [0.5, 0.6) is 5.75 Å². The van der Waals surface area contributed by atoms with Crippen molar-refractivity contribution in [1.29, 1.82) is 0 Å². The van der Waals surface area contributed by atoms with Crippen molar-refractivity contribution in [3.05, 3.63) is 29.3 Å². The molecule has 2 heteroatoms. The first kappa shape index (κ1) is 12.4. The van der Waals surface area contributed by atoms with Crippen molar-refractivity contribution in [3.63, 3.8) is 0 Å². The molecule has 5 rings (SSSR count). The third-order valence-corrected chi connectivity index (χ3v) is 5.95. The van der Waals surface area contributed by atoms with Gasteiger partial charge in [0, 0.05) is 24.4 Å². The average molecular weight is 269 g/mol. The summed E-state index contributed by atoms with van der Waals surface area (Å²) in [5.41, 5.74) is 2.34. The highest BCUT2D eigenvalue weighted by Gasteiger charge is 2.52. The molecule has 4 aliphatic rings. The van der Waals surface area contributed by atoms with Crippen LogP contribution in [-0.4, -0.2) is 18.4 Å². The molecule has 0 saturated heterocycles. The maximum atomic E-state index is 10.7. The number of hydrogen-bond donors (Lipinski definition) is 1. The van der Waals surface area contributed by atoms with Crippen molar-refractivity contribution in [2.45, 2.75) is 43.9 Å². The molecule has 4 aliphatic carbocycles. The first-order chi connectivity index (χ1) is 9.70. The van der Waals surface area contributed by atoms with Gasteiger partial charge in [0.2, 0.25) is 0 Å². The van der Waals surface area contributed by atoms with E-state index in [1.165, 1.54) is 44.1 Å². The fourth-order valence-corrected chi connectivity index (χ4v) is 5.67. The van der Waals surface area contributed by atoms with E-state index in [4.69, 9.17) is 0 Å². The summed E-state index contributed by atoms with van der Waals surface area (Å²) in [5.74, 6) is 3.21. The van der Waals surface area contributed by atoms with Gasteiger partial charge in [0.25, 0.3) is 0 Å². The summed E-state index contributed by atoms with van der Waals surface area (Å²) >= 11 is 0. The lowest BCUT2D eigenvalue weighted by atomic mass is 9.48. The van der Waals surface area contributed by atoms with Crippen molar-refractivity contribution in [2.75, 3.05) is 7.05 Å². The predicted molar refractivity (Wildman–Crippen MR) is 81.5 cm³/mol. The number of phenolic OH excluding ortho intramolecular Hbond substituents is 1. The van der Waals surface area contributed by atoms with Gasteiger partial charge in [-0.25, -0.2) is 0 Å². The fourth-order valence-electron chi connectivity index (χ4n) is 5.67. The molecule has 0 aliphatic heterocycles. The molecule has 0 unspecified atom stereocenters. The van der Waals surface area contributed by atoms with E-state index in [1.54, 1.807) is 13.3 Å². The Morgan fingerprint density at radius 2 is 1.70 bits per heavy atom. The van der Waals surface area contributed by atoms with Gasteiger partial charge in [-0.2, -0.15) is 0 Å². The Labute approximate surface area is 120 Å². The van der Waals surface area contributed by atoms with Crippen LogP contribution in [0.3, 0.4) is 0 Å². The third kappa shape index (κ3) is 1.73. The molecule has 4 bridgehead atoms. The number of aliphatic imine (C=N–C) groups is 1. The molecular formula is C18H23NO. The zero-order valence-corrected chi connectivity index (χ0v) is 12.2. The fraction of sp³-hybridized carbons (Fsp3) is 0.611. The lowest BCUT2D eigenvalue weighted by Crippen LogP contribution is -2.48. The number of aromatic hydroxyl groups is 1. The summed E-state index contributed by atoms with van der Waals surface area (Å²) in [5, 5.41) is 10.7. The second-order valence-electron chi connectivity index (χ2n) is 7.33. The predicted octanol–water partition coefficient (Wildman–Crippen LogP) is 3.91. The summed E-state index contributed by atoms with van der Waals surface area (Å²) in [7, 11) is 1.76. The minimum atomic E-state index is 0.260. The third-order valence-electron chi connectivity index (χ3n) is 5.95. The Morgan fingerprint density at radius 3 is 2.25 bits per heavy atom. The zero-order chi connectivity index (χ0) is 13.7. The number of rotatable bonds is 2. The Morgan fingerprint density at radius 1 is 1.10 bits per heavy atom. The van der Waals surface area contributed by atoms with E-state index in [0.29, 0.717) is 5.75 Å². The molecule has 0 amide bonds. The van der Waals surface area contributed by atoms with Crippen molar-refractivity contribution in [2.24, 2.45) is 22.7 Å². The zero-order valence-electron chi connectivity index (χ0n) is 12.2. The molecule has 2 nitrogen and oxygen atoms in total. The maximum absolute atomic E-state index is 10.7. The van der Waals surface area contributed by atoms with Crippen LogP contribution in [0.4, 0.5) is 0 Å². The van der Waals surface area contributed by atoms with Crippen LogP contribution in [0.25, 0.3) is 0 Å². The van der Waals surface area contributed by atoms with Gasteiger partial charge in [-0.3, -0.25) is 4.99 Å². The molecule has 0 radical (unpaired) electrons. The first-order valence-corrected chi connectivity index (χ1v) is 7.95. The summed E-state index contributed by atoms with van der Waals surface area (Å²) < 4.78 is 0. The molecule has 20 heavy (non-hydrogen) atoms. The normalized spacial score (nSPS) is 38.8. The van der Waals surface area contributed by atoms with E-state index in [1.807, 2.05) is 6.07 Å². The second-order valence-corrected chi connectivity index (χ2v) is 7.33. The highest BCUT2D eigenvalue weighted by atomic mass is 16.3. The van der Waals surface area contributed by atoms with Crippen LogP contribution in [0.15, 0.2) is 23.2 Å². The highest BCUT2D eigenvalue weighted by Crippen LogP contribution is 2.61. The van der Waals surface area contributed by atoms with Gasteiger partial charge >= 0.3 is 0 Å². The van der Waals surface area contributed by atoms with Gasteiger partial charge in [0.15, 0.2) is 0 Å². The van der Waals surface area contributed by atoms with Crippen LogP contribution in [0.2, 0.25) is 0 Å². The topological polar surface area (TPSA) is 32.6 Å². The molecule has 4 saturated carbocycles. The van der Waals surface area contributed by atoms with Crippen LogP contribution in [0, 0.1) is 17.8 Å². The molecular weight excluding hydrogens is 246 g/mol. The Hall–Kier alpha value is -1.31. The van der Waals surface area contributed by atoms with Crippen molar-refractivity contribution in [3.8, 4) is 5.75 Å². The van der Waals surface area contributed by atoms with Crippen molar-refractivity contribution >= 4 is 6.21 Å². The van der Waals surface area contributed by atoms with E-state index < -0.39 is 0 Å². The van der Waals surface area contributed by atoms with Gasteiger partial charge in [-0.1, -0.05) is 12.1 Å². The van der Waals surface area contributed by atoms with Gasteiger partial charge in [-0.05, 0) is 67.8 Å². The van der Waals surface area contributed by atoms with E-state index in [9.17, 15) is 5.11 Å². The minimum absolute atomic E-state index is 0.260. The van der Waals surface area contributed by atoms with Crippen LogP contribution >= 0.6 is 0 Å². The average Bonchev–Trinajstić information content (AvgIpc) is 2.39. The summed E-state index contributed by atoms with van der Waals surface area (Å²) in [6.07, 6.45) is 9.97. The molecule has 0 aromatic heterocycles. The van der Waals surface area contributed by atoms with Crippen molar-refractivity contribution < 1.29 is 5.11 Å². The molecule has 1 N–H and O–H groups in total. The quantitative estimate of drug-likeness (QED) is 0.811. The smallest absolute Gasteiger partial charge is 0.128 e. The van der Waals surface area contributed by atoms with E-state index in [2.05, 4.69) is 17.1 Å². The molecule has 0 heterocycles. The number of para-hydroxylation sites is 1. The van der Waals surface area contributed by atoms with E-state index in [-0.39, 0.29) is 5.41 Å². The van der Waals surface area contributed by atoms with E-state index in [0.717, 1.165) is 23.3 Å². The van der Waals surface area contributed by atoms with Crippen LogP contribution in [-0.2, 0) is 5.41 Å². The number of hydrogen-bond acceptors (Lipinski definition) is 2. The standard InChI is InChI=1S/C18H23NO/c1-19-11-15-3-2-4-16(17(15)20)18-8-12-5-13(9-18)7-14(6-12)10-18/h2-4,11-14,20H,5-10H2,1H3. The molecule has 1 aromatic rings. The molecule has 0 spiro atoms. The Bertz CT molecular complexity index is 525. The lowest BCUT2D eigenvalue weighted by molar-refractivity contribution is -0.00613. The Balaban J connectivity index is 1.79.